The van der Waals surface area contributed by atoms with Gasteiger partial charge in [-0.3, -0.25) is 0 Å². The summed E-state index contributed by atoms with van der Waals surface area (Å²) in [6.45, 7) is 5.38. The Morgan fingerprint density at radius 3 is 2.27 bits per heavy atom. The smallest absolute Gasteiger partial charge is 0.229 e. The topological polar surface area (TPSA) is 80.3 Å². The Labute approximate surface area is 133 Å². The first-order chi connectivity index (χ1) is 10.1. The lowest BCUT2D eigenvalue weighted by Gasteiger charge is -2.23. The van der Waals surface area contributed by atoms with Crippen LogP contribution in [-0.2, 0) is 19.9 Å². The van der Waals surface area contributed by atoms with Crippen LogP contribution in [0.3, 0.4) is 0 Å². The van der Waals surface area contributed by atoms with E-state index in [9.17, 15) is 16.8 Å². The van der Waals surface area contributed by atoms with Crippen LogP contribution in [0.5, 0.6) is 0 Å². The van der Waals surface area contributed by atoms with E-state index in [0.29, 0.717) is 24.0 Å². The summed E-state index contributed by atoms with van der Waals surface area (Å²) in [5, 5.41) is -0.609. The predicted molar refractivity (Wildman–Crippen MR) is 87.3 cm³/mol. The predicted octanol–water partition coefficient (Wildman–Crippen LogP) is 1.86. The van der Waals surface area contributed by atoms with Crippen molar-refractivity contribution in [1.82, 2.24) is 4.72 Å². The van der Waals surface area contributed by atoms with Gasteiger partial charge in [0.05, 0.1) is 15.9 Å². The fourth-order valence-electron chi connectivity index (χ4n) is 3.12. The van der Waals surface area contributed by atoms with Gasteiger partial charge in [-0.15, -0.1) is 0 Å². The molecule has 1 aliphatic heterocycles. The molecule has 1 N–H and O–H groups in total. The van der Waals surface area contributed by atoms with E-state index in [1.165, 1.54) is 0 Å². The molecule has 0 saturated carbocycles. The zero-order chi connectivity index (χ0) is 16.5. The normalized spacial score (nSPS) is 21.7. The van der Waals surface area contributed by atoms with E-state index < -0.39 is 25.1 Å². The third-order valence-electron chi connectivity index (χ3n) is 4.09. The zero-order valence-corrected chi connectivity index (χ0v) is 14.9. The zero-order valence-electron chi connectivity index (χ0n) is 13.2. The number of sulfone groups is 1. The summed E-state index contributed by atoms with van der Waals surface area (Å²) < 4.78 is 51.5. The molecule has 1 fully saturated rings. The van der Waals surface area contributed by atoms with Crippen LogP contribution in [0, 0.1) is 20.8 Å². The van der Waals surface area contributed by atoms with Gasteiger partial charge in [-0.2, -0.15) is 0 Å². The average molecular weight is 345 g/mol. The van der Waals surface area contributed by atoms with Crippen LogP contribution in [0.15, 0.2) is 17.0 Å². The molecule has 7 heteroatoms. The highest BCUT2D eigenvalue weighted by Crippen LogP contribution is 2.23. The summed E-state index contributed by atoms with van der Waals surface area (Å²) in [6, 6.07) is 3.64. The van der Waals surface area contributed by atoms with Crippen molar-refractivity contribution < 1.29 is 16.8 Å². The fraction of sp³-hybridized carbons (Fsp3) is 0.600. The van der Waals surface area contributed by atoms with Crippen molar-refractivity contribution in [1.29, 1.82) is 0 Å². The molecule has 5 nitrogen and oxygen atoms in total. The Hall–Kier alpha value is -0.920. The number of rotatable bonds is 4. The number of hydrogen-bond acceptors (Lipinski definition) is 4. The van der Waals surface area contributed by atoms with E-state index in [4.69, 9.17) is 0 Å². The molecule has 124 valence electrons. The van der Waals surface area contributed by atoms with E-state index in [2.05, 4.69) is 4.72 Å². The quantitative estimate of drug-likeness (QED) is 0.903. The Balaban J connectivity index is 2.22. The lowest BCUT2D eigenvalue weighted by Crippen LogP contribution is -2.40. The first-order valence-electron chi connectivity index (χ1n) is 7.42. The van der Waals surface area contributed by atoms with E-state index in [1.807, 2.05) is 19.1 Å². The first kappa shape index (κ1) is 17.4. The van der Waals surface area contributed by atoms with Crippen molar-refractivity contribution in [2.45, 2.75) is 50.2 Å². The molecular formula is C15H23NO4S2. The standard InChI is InChI=1S/C15H23NO4S2/c1-11-8-12(2)15(13(3)9-11)22(19,20)16-10-14-6-4-5-7-21(14,17)18/h8-9,14,16H,4-7,10H2,1-3H3. The highest BCUT2D eigenvalue weighted by atomic mass is 32.2. The minimum Gasteiger partial charge on any atom is -0.229 e. The van der Waals surface area contributed by atoms with Crippen molar-refractivity contribution in [3.63, 3.8) is 0 Å². The Kier molecular flexibility index (Phi) is 4.99. The molecule has 0 spiro atoms. The van der Waals surface area contributed by atoms with Gasteiger partial charge in [0.1, 0.15) is 0 Å². The molecule has 1 aromatic carbocycles. The summed E-state index contributed by atoms with van der Waals surface area (Å²) in [6.07, 6.45) is 2.02. The van der Waals surface area contributed by atoms with Crippen LogP contribution in [0.4, 0.5) is 0 Å². The lowest BCUT2D eigenvalue weighted by atomic mass is 10.1. The van der Waals surface area contributed by atoms with Gasteiger partial charge >= 0.3 is 0 Å². The fourth-order valence-corrected chi connectivity index (χ4v) is 6.55. The molecule has 0 aliphatic carbocycles. The minimum atomic E-state index is -3.70. The maximum Gasteiger partial charge on any atom is 0.241 e. The Morgan fingerprint density at radius 1 is 1.14 bits per heavy atom. The minimum absolute atomic E-state index is 0.0442. The second-order valence-electron chi connectivity index (χ2n) is 6.06. The van der Waals surface area contributed by atoms with Crippen molar-refractivity contribution in [3.8, 4) is 0 Å². The van der Waals surface area contributed by atoms with Crippen molar-refractivity contribution in [2.24, 2.45) is 0 Å². The molecule has 1 atom stereocenters. The molecule has 1 unspecified atom stereocenters. The van der Waals surface area contributed by atoms with Crippen LogP contribution >= 0.6 is 0 Å². The first-order valence-corrected chi connectivity index (χ1v) is 10.6. The molecule has 2 rings (SSSR count). The third kappa shape index (κ3) is 3.70. The van der Waals surface area contributed by atoms with E-state index in [-0.39, 0.29) is 17.2 Å². The summed E-state index contributed by atoms with van der Waals surface area (Å²) in [5.41, 5.74) is 2.36. The van der Waals surface area contributed by atoms with E-state index in [0.717, 1.165) is 12.0 Å². The van der Waals surface area contributed by atoms with Crippen LogP contribution in [-0.4, -0.2) is 34.4 Å². The summed E-state index contributed by atoms with van der Waals surface area (Å²) in [7, 11) is -6.88. The van der Waals surface area contributed by atoms with E-state index in [1.54, 1.807) is 13.8 Å². The molecule has 0 bridgehead atoms. The van der Waals surface area contributed by atoms with Crippen LogP contribution in [0.25, 0.3) is 0 Å². The molecule has 0 radical (unpaired) electrons. The lowest BCUT2D eigenvalue weighted by molar-refractivity contribution is 0.531. The number of nitrogens with one attached hydrogen (secondary N) is 1. The van der Waals surface area contributed by atoms with Crippen molar-refractivity contribution in [3.05, 3.63) is 28.8 Å². The number of aryl methyl sites for hydroxylation is 3. The molecule has 0 amide bonds. The molecular weight excluding hydrogens is 322 g/mol. The number of benzene rings is 1. The maximum atomic E-state index is 12.5. The highest BCUT2D eigenvalue weighted by Gasteiger charge is 2.30. The molecule has 0 aromatic heterocycles. The Bertz CT molecular complexity index is 744. The van der Waals surface area contributed by atoms with Crippen LogP contribution in [0.1, 0.15) is 36.0 Å². The molecule has 1 aromatic rings. The van der Waals surface area contributed by atoms with E-state index >= 15 is 0 Å². The largest absolute Gasteiger partial charge is 0.241 e. The van der Waals surface area contributed by atoms with Crippen LogP contribution < -0.4 is 4.72 Å². The highest BCUT2D eigenvalue weighted by molar-refractivity contribution is 7.92. The van der Waals surface area contributed by atoms with Crippen molar-refractivity contribution >= 4 is 19.9 Å². The molecule has 1 aliphatic rings. The molecule has 22 heavy (non-hydrogen) atoms. The van der Waals surface area contributed by atoms with Gasteiger partial charge in [-0.05, 0) is 44.7 Å². The summed E-state index contributed by atoms with van der Waals surface area (Å²) in [5.74, 6) is 0.155. The average Bonchev–Trinajstić information content (AvgIpc) is 2.35. The summed E-state index contributed by atoms with van der Waals surface area (Å²) >= 11 is 0. The van der Waals surface area contributed by atoms with Gasteiger partial charge in [-0.25, -0.2) is 21.6 Å². The summed E-state index contributed by atoms with van der Waals surface area (Å²) in [4.78, 5) is 0.256. The maximum absolute atomic E-state index is 12.5. The van der Waals surface area contributed by atoms with Crippen molar-refractivity contribution in [2.75, 3.05) is 12.3 Å². The van der Waals surface area contributed by atoms with Gasteiger partial charge in [0, 0.05) is 6.54 Å². The molecule has 1 heterocycles. The van der Waals surface area contributed by atoms with Gasteiger partial charge in [-0.1, -0.05) is 24.1 Å². The number of hydrogen-bond donors (Lipinski definition) is 1. The second-order valence-corrected chi connectivity index (χ2v) is 10.2. The monoisotopic (exact) mass is 345 g/mol. The SMILES string of the molecule is Cc1cc(C)c(S(=O)(=O)NCC2CCCCS2(=O)=O)c(C)c1. The van der Waals surface area contributed by atoms with Gasteiger partial charge in [0.15, 0.2) is 9.84 Å². The second kappa shape index (κ2) is 6.29. The van der Waals surface area contributed by atoms with Crippen LogP contribution in [0.2, 0.25) is 0 Å². The Morgan fingerprint density at radius 2 is 1.73 bits per heavy atom. The van der Waals surface area contributed by atoms with Gasteiger partial charge < -0.3 is 0 Å². The third-order valence-corrected chi connectivity index (χ3v) is 8.09. The number of sulfonamides is 1. The molecule has 1 saturated heterocycles. The van der Waals surface area contributed by atoms with Gasteiger partial charge in [0.2, 0.25) is 10.0 Å². The van der Waals surface area contributed by atoms with Gasteiger partial charge in [0.25, 0.3) is 0 Å².